The highest BCUT2D eigenvalue weighted by molar-refractivity contribution is 7.09. The summed E-state index contributed by atoms with van der Waals surface area (Å²) in [6.07, 6.45) is 1.95. The molecular weight excluding hydrogens is 212 g/mol. The molecule has 1 unspecified atom stereocenters. The van der Waals surface area contributed by atoms with Crippen LogP contribution in [-0.4, -0.2) is 34.0 Å². The van der Waals surface area contributed by atoms with Crippen LogP contribution >= 0.6 is 11.3 Å². The Morgan fingerprint density at radius 3 is 3.20 bits per heavy atom. The molecule has 1 aliphatic heterocycles. The molecule has 2 rings (SSSR count). The second kappa shape index (κ2) is 4.28. The molecule has 2 heterocycles. The quantitative estimate of drug-likeness (QED) is 0.821. The number of carbonyl (C=O) groups is 1. The number of aromatic nitrogens is 1. The molecule has 0 aromatic carbocycles. The molecular formula is C10H14N2O2S. The number of thiazole rings is 1. The van der Waals surface area contributed by atoms with Crippen LogP contribution in [0.3, 0.4) is 0 Å². The van der Waals surface area contributed by atoms with Crippen molar-refractivity contribution in [2.75, 3.05) is 13.2 Å². The van der Waals surface area contributed by atoms with Gasteiger partial charge in [-0.25, -0.2) is 4.98 Å². The van der Waals surface area contributed by atoms with E-state index in [2.05, 4.69) is 4.98 Å². The van der Waals surface area contributed by atoms with Crippen molar-refractivity contribution in [3.8, 4) is 0 Å². The maximum absolute atomic E-state index is 11.5. The predicted octanol–water partition coefficient (Wildman–Crippen LogP) is 1.11. The van der Waals surface area contributed by atoms with Crippen LogP contribution < -0.4 is 0 Å². The van der Waals surface area contributed by atoms with Crippen molar-refractivity contribution < 1.29 is 9.90 Å². The summed E-state index contributed by atoms with van der Waals surface area (Å²) >= 11 is 1.59. The fourth-order valence-corrected chi connectivity index (χ4v) is 2.88. The maximum atomic E-state index is 11.5. The summed E-state index contributed by atoms with van der Waals surface area (Å²) in [6, 6.07) is 0.0864. The zero-order valence-corrected chi connectivity index (χ0v) is 9.46. The topological polar surface area (TPSA) is 53.4 Å². The Morgan fingerprint density at radius 2 is 2.60 bits per heavy atom. The minimum atomic E-state index is -0.402. The first-order valence-corrected chi connectivity index (χ1v) is 5.92. The van der Waals surface area contributed by atoms with Gasteiger partial charge in [0.15, 0.2) is 0 Å². The van der Waals surface area contributed by atoms with Crippen molar-refractivity contribution in [1.29, 1.82) is 0 Å². The van der Waals surface area contributed by atoms with Crippen molar-refractivity contribution in [1.82, 2.24) is 9.88 Å². The van der Waals surface area contributed by atoms with Crippen LogP contribution in [0.25, 0.3) is 0 Å². The van der Waals surface area contributed by atoms with Gasteiger partial charge in [-0.05, 0) is 19.8 Å². The standard InChI is InChI=1S/C10H14N2O2S/c1-7-6-15-10(11-7)8-3-2-4-12(8)9(14)5-13/h6,8,13H,2-5H2,1H3. The van der Waals surface area contributed by atoms with Crippen molar-refractivity contribution in [2.24, 2.45) is 0 Å². The number of rotatable bonds is 2. The van der Waals surface area contributed by atoms with E-state index in [0.29, 0.717) is 0 Å². The summed E-state index contributed by atoms with van der Waals surface area (Å²) < 4.78 is 0. The van der Waals surface area contributed by atoms with E-state index in [-0.39, 0.29) is 11.9 Å². The molecule has 4 nitrogen and oxygen atoms in total. The molecule has 0 aliphatic carbocycles. The van der Waals surface area contributed by atoms with Crippen molar-refractivity contribution in [2.45, 2.75) is 25.8 Å². The van der Waals surface area contributed by atoms with E-state index in [1.165, 1.54) is 0 Å². The molecule has 1 saturated heterocycles. The third kappa shape index (κ3) is 2.03. The normalized spacial score (nSPS) is 20.9. The van der Waals surface area contributed by atoms with Gasteiger partial charge in [-0.3, -0.25) is 4.79 Å². The van der Waals surface area contributed by atoms with Gasteiger partial charge < -0.3 is 10.0 Å². The van der Waals surface area contributed by atoms with Gasteiger partial charge in [-0.2, -0.15) is 0 Å². The largest absolute Gasteiger partial charge is 0.387 e. The molecule has 1 fully saturated rings. The molecule has 1 aliphatic rings. The number of nitrogens with zero attached hydrogens (tertiary/aromatic N) is 2. The first-order valence-electron chi connectivity index (χ1n) is 5.04. The fraction of sp³-hybridized carbons (Fsp3) is 0.600. The summed E-state index contributed by atoms with van der Waals surface area (Å²) in [5.74, 6) is -0.189. The van der Waals surface area contributed by atoms with Crippen LogP contribution in [0.2, 0.25) is 0 Å². The summed E-state index contributed by atoms with van der Waals surface area (Å²) in [5.41, 5.74) is 0.998. The van der Waals surface area contributed by atoms with Gasteiger partial charge >= 0.3 is 0 Å². The van der Waals surface area contributed by atoms with Gasteiger partial charge in [0.2, 0.25) is 5.91 Å². The zero-order chi connectivity index (χ0) is 10.8. The first-order chi connectivity index (χ1) is 7.22. The Labute approximate surface area is 92.6 Å². The summed E-state index contributed by atoms with van der Waals surface area (Å²) in [7, 11) is 0. The molecule has 0 spiro atoms. The van der Waals surface area contributed by atoms with E-state index in [1.807, 2.05) is 12.3 Å². The summed E-state index contributed by atoms with van der Waals surface area (Å²) in [6.45, 7) is 2.29. The molecule has 82 valence electrons. The van der Waals surface area contributed by atoms with Gasteiger partial charge in [0.25, 0.3) is 0 Å². The Balaban J connectivity index is 2.18. The van der Waals surface area contributed by atoms with E-state index in [4.69, 9.17) is 5.11 Å². The van der Waals surface area contributed by atoms with Crippen LogP contribution in [0.4, 0.5) is 0 Å². The van der Waals surface area contributed by atoms with E-state index in [9.17, 15) is 4.79 Å². The van der Waals surface area contributed by atoms with Gasteiger partial charge in [0.1, 0.15) is 11.6 Å². The molecule has 1 atom stereocenters. The molecule has 0 saturated carbocycles. The second-order valence-electron chi connectivity index (χ2n) is 3.73. The highest BCUT2D eigenvalue weighted by Crippen LogP contribution is 2.33. The summed E-state index contributed by atoms with van der Waals surface area (Å²) in [4.78, 5) is 17.6. The minimum absolute atomic E-state index is 0.0864. The smallest absolute Gasteiger partial charge is 0.248 e. The zero-order valence-electron chi connectivity index (χ0n) is 8.64. The molecule has 5 heteroatoms. The number of amides is 1. The number of carbonyl (C=O) groups excluding carboxylic acids is 1. The Kier molecular flexibility index (Phi) is 3.02. The molecule has 0 radical (unpaired) electrons. The van der Waals surface area contributed by atoms with Crippen molar-refractivity contribution in [3.63, 3.8) is 0 Å². The lowest BCUT2D eigenvalue weighted by Crippen LogP contribution is -2.32. The first kappa shape index (κ1) is 10.6. The second-order valence-corrected chi connectivity index (χ2v) is 4.62. The third-order valence-corrected chi connectivity index (χ3v) is 3.69. The fourth-order valence-electron chi connectivity index (χ4n) is 1.94. The lowest BCUT2D eigenvalue weighted by Gasteiger charge is -2.21. The van der Waals surface area contributed by atoms with Gasteiger partial charge in [-0.1, -0.05) is 0 Å². The van der Waals surface area contributed by atoms with Gasteiger partial charge in [-0.15, -0.1) is 11.3 Å². The van der Waals surface area contributed by atoms with Crippen molar-refractivity contribution in [3.05, 3.63) is 16.1 Å². The average Bonchev–Trinajstić information content (AvgIpc) is 2.84. The number of aliphatic hydroxyl groups excluding tert-OH is 1. The SMILES string of the molecule is Cc1csc(C2CCCN2C(=O)CO)n1. The molecule has 1 aromatic heterocycles. The number of hydrogen-bond donors (Lipinski definition) is 1. The number of aliphatic hydroxyl groups is 1. The van der Waals surface area contributed by atoms with Crippen LogP contribution in [-0.2, 0) is 4.79 Å². The Morgan fingerprint density at radius 1 is 1.80 bits per heavy atom. The third-order valence-electron chi connectivity index (χ3n) is 2.63. The van der Waals surface area contributed by atoms with E-state index < -0.39 is 6.61 Å². The lowest BCUT2D eigenvalue weighted by atomic mass is 10.2. The monoisotopic (exact) mass is 226 g/mol. The van der Waals surface area contributed by atoms with Gasteiger partial charge in [0.05, 0.1) is 6.04 Å². The van der Waals surface area contributed by atoms with E-state index in [1.54, 1.807) is 16.2 Å². The predicted molar refractivity (Wildman–Crippen MR) is 57.6 cm³/mol. The number of aryl methyl sites for hydroxylation is 1. The van der Waals surface area contributed by atoms with Gasteiger partial charge in [0, 0.05) is 17.6 Å². The summed E-state index contributed by atoms with van der Waals surface area (Å²) in [5, 5.41) is 11.8. The minimum Gasteiger partial charge on any atom is -0.387 e. The number of likely N-dealkylation sites (tertiary alicyclic amines) is 1. The highest BCUT2D eigenvalue weighted by atomic mass is 32.1. The van der Waals surface area contributed by atoms with Crippen LogP contribution in [0.1, 0.15) is 29.6 Å². The maximum Gasteiger partial charge on any atom is 0.248 e. The molecule has 15 heavy (non-hydrogen) atoms. The lowest BCUT2D eigenvalue weighted by molar-refractivity contribution is -0.135. The Hall–Kier alpha value is -0.940. The molecule has 1 N–H and O–H groups in total. The Bertz CT molecular complexity index is 364. The number of hydrogen-bond acceptors (Lipinski definition) is 4. The molecule has 1 aromatic rings. The molecule has 1 amide bonds. The highest BCUT2D eigenvalue weighted by Gasteiger charge is 2.31. The van der Waals surface area contributed by atoms with Crippen LogP contribution in [0.5, 0.6) is 0 Å². The molecule has 0 bridgehead atoms. The average molecular weight is 226 g/mol. The van der Waals surface area contributed by atoms with E-state index >= 15 is 0 Å². The van der Waals surface area contributed by atoms with Crippen molar-refractivity contribution >= 4 is 17.2 Å². The van der Waals surface area contributed by atoms with Crippen LogP contribution in [0.15, 0.2) is 5.38 Å². The van der Waals surface area contributed by atoms with E-state index in [0.717, 1.165) is 30.1 Å². The van der Waals surface area contributed by atoms with Crippen LogP contribution in [0, 0.1) is 6.92 Å².